The van der Waals surface area contributed by atoms with Crippen LogP contribution in [0.5, 0.6) is 0 Å². The number of hydrogen-bond donors (Lipinski definition) is 0. The Labute approximate surface area is 103 Å². The highest BCUT2D eigenvalue weighted by atomic mass is 35.5. The van der Waals surface area contributed by atoms with Gasteiger partial charge in [0.2, 0.25) is 0 Å². The minimum absolute atomic E-state index is 0.238. The Balaban J connectivity index is 0. The summed E-state index contributed by atoms with van der Waals surface area (Å²) < 4.78 is 4.50. The van der Waals surface area contributed by atoms with Crippen LogP contribution in [0.1, 0.15) is 41.5 Å². The number of hydrogen-bond acceptors (Lipinski definition) is 3. The lowest BCUT2D eigenvalue weighted by Crippen LogP contribution is -2.20. The molecular weight excluding hydrogens is 228 g/mol. The largest absolute Gasteiger partial charge is 0.393 e. The molecule has 0 unspecified atom stereocenters. The van der Waals surface area contributed by atoms with Gasteiger partial charge in [0.1, 0.15) is 0 Å². The van der Waals surface area contributed by atoms with Crippen molar-refractivity contribution in [1.82, 2.24) is 0 Å². The molecule has 0 fully saturated rings. The minimum Gasteiger partial charge on any atom is -0.393 e. The number of ether oxygens (including phenoxy) is 1. The van der Waals surface area contributed by atoms with Crippen LogP contribution in [0.2, 0.25) is 0 Å². The smallest absolute Gasteiger partial charge is 0.316 e. The zero-order chi connectivity index (χ0) is 13.3. The first-order valence-electron chi connectivity index (χ1n) is 5.53. The van der Waals surface area contributed by atoms with E-state index in [-0.39, 0.29) is 11.8 Å². The van der Waals surface area contributed by atoms with Gasteiger partial charge in [-0.15, -0.1) is 11.6 Å². The molecule has 0 aromatic rings. The Hall–Kier alpha value is -0.570. The number of rotatable bonds is 3. The molecule has 0 heterocycles. The Bertz CT molecular complexity index is 192. The third-order valence-electron chi connectivity index (χ3n) is 1.45. The fourth-order valence-corrected chi connectivity index (χ4v) is 0.335. The van der Waals surface area contributed by atoms with Gasteiger partial charge < -0.3 is 4.74 Å². The van der Waals surface area contributed by atoms with Gasteiger partial charge in [-0.3, -0.25) is 9.59 Å². The van der Waals surface area contributed by atoms with Crippen LogP contribution < -0.4 is 0 Å². The van der Waals surface area contributed by atoms with Gasteiger partial charge in [-0.1, -0.05) is 41.5 Å². The van der Waals surface area contributed by atoms with Gasteiger partial charge in [-0.2, -0.15) is 0 Å². The summed E-state index contributed by atoms with van der Waals surface area (Å²) in [5.74, 6) is 0.0412. The van der Waals surface area contributed by atoms with E-state index in [1.54, 1.807) is 27.7 Å². The van der Waals surface area contributed by atoms with Gasteiger partial charge in [0.25, 0.3) is 0 Å². The third-order valence-corrected chi connectivity index (χ3v) is 2.07. The summed E-state index contributed by atoms with van der Waals surface area (Å²) >= 11 is 5.34. The van der Waals surface area contributed by atoms with Crippen molar-refractivity contribution in [3.8, 4) is 0 Å². The zero-order valence-electron chi connectivity index (χ0n) is 11.0. The SMILES string of the molecule is CC(C)C(=O)OC(=O)C(C)C.CC(C)CCl. The second kappa shape index (κ2) is 9.64. The lowest BCUT2D eigenvalue weighted by molar-refractivity contribution is -0.164. The summed E-state index contributed by atoms with van der Waals surface area (Å²) in [7, 11) is 0. The van der Waals surface area contributed by atoms with Crippen molar-refractivity contribution >= 4 is 23.5 Å². The van der Waals surface area contributed by atoms with E-state index in [0.717, 1.165) is 5.88 Å². The summed E-state index contributed by atoms with van der Waals surface area (Å²) in [4.78, 5) is 21.6. The molecule has 0 amide bonds. The maximum atomic E-state index is 10.8. The molecule has 96 valence electrons. The number of carbonyl (C=O) groups is 2. The zero-order valence-corrected chi connectivity index (χ0v) is 11.8. The van der Waals surface area contributed by atoms with Crippen LogP contribution in [-0.4, -0.2) is 17.8 Å². The topological polar surface area (TPSA) is 43.4 Å². The summed E-state index contributed by atoms with van der Waals surface area (Å²) in [6.45, 7) is 10.9. The van der Waals surface area contributed by atoms with Gasteiger partial charge in [-0.05, 0) is 5.92 Å². The Morgan fingerprint density at radius 2 is 1.19 bits per heavy atom. The molecule has 0 aromatic heterocycles. The molecular formula is C12H23ClO3. The van der Waals surface area contributed by atoms with Gasteiger partial charge >= 0.3 is 11.9 Å². The van der Waals surface area contributed by atoms with E-state index in [0.29, 0.717) is 5.92 Å². The van der Waals surface area contributed by atoms with Crippen molar-refractivity contribution in [3.05, 3.63) is 0 Å². The predicted octanol–water partition coefficient (Wildman–Crippen LogP) is 3.25. The normalized spacial score (nSPS) is 10.1. The van der Waals surface area contributed by atoms with Gasteiger partial charge in [0.15, 0.2) is 0 Å². The lowest BCUT2D eigenvalue weighted by Gasteiger charge is -2.06. The van der Waals surface area contributed by atoms with Crippen molar-refractivity contribution < 1.29 is 14.3 Å². The molecule has 0 radical (unpaired) electrons. The second-order valence-electron chi connectivity index (χ2n) is 4.60. The molecule has 0 aliphatic carbocycles. The molecule has 0 atom stereocenters. The maximum absolute atomic E-state index is 10.8. The molecule has 16 heavy (non-hydrogen) atoms. The summed E-state index contributed by atoms with van der Waals surface area (Å²) in [5.41, 5.74) is 0. The van der Waals surface area contributed by atoms with Crippen LogP contribution in [0.3, 0.4) is 0 Å². The Morgan fingerprint density at radius 1 is 0.938 bits per heavy atom. The van der Waals surface area contributed by atoms with Crippen LogP contribution in [-0.2, 0) is 14.3 Å². The fraction of sp³-hybridized carbons (Fsp3) is 0.833. The molecule has 4 heteroatoms. The number of esters is 2. The number of alkyl halides is 1. The van der Waals surface area contributed by atoms with Crippen molar-refractivity contribution in [2.75, 3.05) is 5.88 Å². The van der Waals surface area contributed by atoms with E-state index in [2.05, 4.69) is 18.6 Å². The molecule has 0 saturated carbocycles. The van der Waals surface area contributed by atoms with Crippen LogP contribution in [0.15, 0.2) is 0 Å². The standard InChI is InChI=1S/C8H14O3.C4H9Cl/c1-5(2)7(9)11-8(10)6(3)4;1-4(2)3-5/h5-6H,1-4H3;4H,3H2,1-2H3. The van der Waals surface area contributed by atoms with Crippen LogP contribution >= 0.6 is 11.6 Å². The fourth-order valence-electron chi connectivity index (χ4n) is 0.335. The van der Waals surface area contributed by atoms with Crippen LogP contribution in [0.25, 0.3) is 0 Å². The number of halogens is 1. The highest BCUT2D eigenvalue weighted by molar-refractivity contribution is 6.18. The highest BCUT2D eigenvalue weighted by Crippen LogP contribution is 2.01. The van der Waals surface area contributed by atoms with Crippen LogP contribution in [0, 0.1) is 17.8 Å². The molecule has 0 bridgehead atoms. The highest BCUT2D eigenvalue weighted by Gasteiger charge is 2.16. The van der Waals surface area contributed by atoms with E-state index in [1.807, 2.05) is 0 Å². The first-order chi connectivity index (χ1) is 7.22. The van der Waals surface area contributed by atoms with E-state index >= 15 is 0 Å². The van der Waals surface area contributed by atoms with Gasteiger partial charge in [0.05, 0.1) is 11.8 Å². The average molecular weight is 251 g/mol. The quantitative estimate of drug-likeness (QED) is 0.439. The van der Waals surface area contributed by atoms with Gasteiger partial charge in [0, 0.05) is 5.88 Å². The van der Waals surface area contributed by atoms with E-state index in [9.17, 15) is 9.59 Å². The van der Waals surface area contributed by atoms with Crippen molar-refractivity contribution in [3.63, 3.8) is 0 Å². The van der Waals surface area contributed by atoms with Gasteiger partial charge in [-0.25, -0.2) is 0 Å². The third kappa shape index (κ3) is 11.5. The lowest BCUT2D eigenvalue weighted by atomic mass is 10.2. The predicted molar refractivity (Wildman–Crippen MR) is 66.3 cm³/mol. The average Bonchev–Trinajstić information content (AvgIpc) is 2.18. The minimum atomic E-state index is -0.455. The molecule has 0 saturated heterocycles. The molecule has 0 aliphatic rings. The first-order valence-corrected chi connectivity index (χ1v) is 6.07. The Morgan fingerprint density at radius 3 is 1.31 bits per heavy atom. The maximum Gasteiger partial charge on any atom is 0.316 e. The second-order valence-corrected chi connectivity index (χ2v) is 4.91. The molecule has 0 aliphatic heterocycles. The summed E-state index contributed by atoms with van der Waals surface area (Å²) in [6, 6.07) is 0. The first kappa shape index (κ1) is 17.8. The van der Waals surface area contributed by atoms with Crippen molar-refractivity contribution in [2.45, 2.75) is 41.5 Å². The number of carbonyl (C=O) groups excluding carboxylic acids is 2. The van der Waals surface area contributed by atoms with Crippen molar-refractivity contribution in [1.29, 1.82) is 0 Å². The summed E-state index contributed by atoms with van der Waals surface area (Å²) in [6.07, 6.45) is 0. The Kier molecular flexibility index (Phi) is 10.7. The monoisotopic (exact) mass is 250 g/mol. The molecule has 0 aromatic carbocycles. The molecule has 0 N–H and O–H groups in total. The van der Waals surface area contributed by atoms with Crippen molar-refractivity contribution in [2.24, 2.45) is 17.8 Å². The van der Waals surface area contributed by atoms with E-state index in [1.165, 1.54) is 0 Å². The van der Waals surface area contributed by atoms with E-state index in [4.69, 9.17) is 11.6 Å². The van der Waals surface area contributed by atoms with E-state index < -0.39 is 11.9 Å². The molecule has 3 nitrogen and oxygen atoms in total. The van der Waals surface area contributed by atoms with Crippen LogP contribution in [0.4, 0.5) is 0 Å². The summed E-state index contributed by atoms with van der Waals surface area (Å²) in [5, 5.41) is 0. The molecule has 0 spiro atoms. The molecule has 0 rings (SSSR count).